The van der Waals surface area contributed by atoms with Gasteiger partial charge in [-0.3, -0.25) is 29.3 Å². The number of aromatic nitrogens is 12. The van der Waals surface area contributed by atoms with Gasteiger partial charge >= 0.3 is 11.9 Å². The van der Waals surface area contributed by atoms with E-state index < -0.39 is 32.3 Å². The van der Waals surface area contributed by atoms with Crippen LogP contribution in [0.5, 0.6) is 0 Å². The predicted molar refractivity (Wildman–Crippen MR) is 410 cm³/mol. The van der Waals surface area contributed by atoms with E-state index in [2.05, 4.69) is 161 Å². The number of aromatic amines is 1. The van der Waals surface area contributed by atoms with Crippen LogP contribution in [0.25, 0.3) is 78.6 Å². The first-order chi connectivity index (χ1) is 47.2. The first-order valence-electron chi connectivity index (χ1n) is 33.7. The predicted octanol–water partition coefficient (Wildman–Crippen LogP) is 15.5. The topological polar surface area (TPSA) is 229 Å². The minimum atomic E-state index is -1.27. The van der Waals surface area contributed by atoms with Gasteiger partial charge in [0, 0.05) is 159 Å². The number of nitrogens with one attached hydrogen (secondary N) is 1. The molecule has 0 aliphatic carbocycles. The molecular weight excluding hydrogens is 1380 g/mol. The molecule has 0 saturated carbocycles. The van der Waals surface area contributed by atoms with Crippen molar-refractivity contribution in [3.8, 4) is 67.3 Å². The van der Waals surface area contributed by atoms with E-state index in [4.69, 9.17) is 53.8 Å². The molecule has 0 bridgehead atoms. The number of carbonyl (C=O) groups is 2. The van der Waals surface area contributed by atoms with Gasteiger partial charge in [-0.15, -0.1) is 0 Å². The molecule has 27 heteroatoms. The zero-order chi connectivity index (χ0) is 71.2. The molecule has 0 saturated heterocycles. The van der Waals surface area contributed by atoms with Crippen LogP contribution >= 0.6 is 15.9 Å². The number of nitrogens with zero attached hydrogens (tertiary/aromatic N) is 13. The molecule has 8 heterocycles. The maximum absolute atomic E-state index is 11.3. The zero-order valence-corrected chi connectivity index (χ0v) is 65.7. The number of benzene rings is 2. The van der Waals surface area contributed by atoms with E-state index in [0.717, 1.165) is 109 Å². The average molecular weight is 1480 g/mol. The van der Waals surface area contributed by atoms with Crippen LogP contribution in [0, 0.1) is 0 Å². The van der Waals surface area contributed by atoms with E-state index in [1.54, 1.807) is 17.1 Å². The summed E-state index contributed by atoms with van der Waals surface area (Å²) in [7, 11) is -4.99. The van der Waals surface area contributed by atoms with E-state index in [9.17, 15) is 9.59 Å². The molecule has 0 unspecified atom stereocenters. The number of pyridine rings is 2. The monoisotopic (exact) mass is 1480 g/mol. The van der Waals surface area contributed by atoms with Crippen LogP contribution in [0.4, 0.5) is 11.6 Å². The summed E-state index contributed by atoms with van der Waals surface area (Å²) in [6, 6.07) is 36.9. The Morgan fingerprint density at radius 1 is 0.455 bits per heavy atom. The molecule has 0 aliphatic rings. The molecule has 10 aromatic rings. The molecule has 0 radical (unpaired) electrons. The highest BCUT2D eigenvalue weighted by molar-refractivity contribution is 9.09. The minimum Gasteiger partial charge on any atom is -0.465 e. The first-order valence-corrected chi connectivity index (χ1v) is 49.6. The van der Waals surface area contributed by atoms with Crippen molar-refractivity contribution in [3.05, 3.63) is 147 Å². The van der Waals surface area contributed by atoms with Gasteiger partial charge in [0.05, 0.1) is 54.1 Å². The Morgan fingerprint density at radius 3 is 1.22 bits per heavy atom. The molecule has 8 aromatic heterocycles. The van der Waals surface area contributed by atoms with Gasteiger partial charge in [0.1, 0.15) is 51.8 Å². The number of ether oxygens (including phenoxy) is 6. The smallest absolute Gasteiger partial charge is 0.302 e. The van der Waals surface area contributed by atoms with Gasteiger partial charge in [-0.05, 0) is 36.3 Å². The number of H-pyrrole nitrogens is 1. The zero-order valence-electron chi connectivity index (χ0n) is 60.1. The molecule has 2 aromatic carbocycles. The summed E-state index contributed by atoms with van der Waals surface area (Å²) < 4.78 is 40.2. The van der Waals surface area contributed by atoms with Crippen LogP contribution in [0.2, 0.25) is 103 Å². The average Bonchev–Trinajstić information content (AvgIpc) is 1.66. The molecule has 22 nitrogen and oxygen atoms in total. The van der Waals surface area contributed by atoms with Gasteiger partial charge in [0.25, 0.3) is 0 Å². The molecular formula is C72H99BrN14O8Si4. The molecule has 10 rings (SSSR count). The van der Waals surface area contributed by atoms with Crippen molar-refractivity contribution in [1.29, 1.82) is 0 Å². The minimum absolute atomic E-state index is 0.223. The van der Waals surface area contributed by atoms with Gasteiger partial charge in [-0.2, -0.15) is 29.4 Å². The van der Waals surface area contributed by atoms with E-state index in [0.29, 0.717) is 77.5 Å². The summed E-state index contributed by atoms with van der Waals surface area (Å²) in [4.78, 5) is 45.2. The molecule has 1 N–H and O–H groups in total. The normalized spacial score (nSPS) is 11.9. The van der Waals surface area contributed by atoms with Crippen LogP contribution in [0.1, 0.15) is 13.8 Å². The summed E-state index contributed by atoms with van der Waals surface area (Å²) in [5, 5.41) is 22.0. The third kappa shape index (κ3) is 24.8. The van der Waals surface area contributed by atoms with E-state index >= 15 is 0 Å². The number of esters is 2. The molecule has 0 aliphatic heterocycles. The standard InChI is InChI=1S/C36H49N7O4Si2.C32H43N7O2Si2.C4H7BrO2/c1-28(44)47-16-15-42-25-31(23-38-42)34-21-35(41(26-45-17-19-48(2,3)4)27-46-18-20-49(5,6)7)43-36(40-34)32(24-39-43)30-13-14-33(37-22-30)29-11-9-8-10-12-29;1-42(2,3)16-14-40-23-38(24-41-15-17-43(4,5)6)31-18-30(27-20-34-35-21-27)37-32-28(22-36-39(31)32)26-12-13-29(33-19-26)25-10-8-7-9-11-25;1-4(6)7-3-2-5/h8-14,21-25H,15-20,26-27H2,1-7H3;7-13,18-22H,14-17,23-24H2,1-6H3,(H,34,35);2-3H2,1H3. The van der Waals surface area contributed by atoms with Crippen molar-refractivity contribution in [3.63, 3.8) is 0 Å². The Labute approximate surface area is 595 Å². The second-order valence-corrected chi connectivity index (χ2v) is 52.3. The Balaban J connectivity index is 0.000000231. The summed E-state index contributed by atoms with van der Waals surface area (Å²) in [5.74, 6) is 1.11. The molecule has 0 spiro atoms. The fourth-order valence-corrected chi connectivity index (χ4v) is 12.9. The van der Waals surface area contributed by atoms with E-state index in [-0.39, 0.29) is 18.5 Å². The maximum Gasteiger partial charge on any atom is 0.302 e. The first kappa shape index (κ1) is 76.9. The van der Waals surface area contributed by atoms with Crippen molar-refractivity contribution < 1.29 is 38.0 Å². The Bertz CT molecular complexity index is 4060. The highest BCUT2D eigenvalue weighted by Crippen LogP contribution is 2.34. The third-order valence-electron chi connectivity index (χ3n) is 15.5. The van der Waals surface area contributed by atoms with Crippen LogP contribution in [0.3, 0.4) is 0 Å². The van der Waals surface area contributed by atoms with Crippen molar-refractivity contribution in [1.82, 2.24) is 59.1 Å². The molecule has 99 heavy (non-hydrogen) atoms. The molecule has 528 valence electrons. The van der Waals surface area contributed by atoms with Gasteiger partial charge in [-0.25, -0.2) is 9.97 Å². The summed E-state index contributed by atoms with van der Waals surface area (Å²) in [6.07, 6.45) is 14.8. The van der Waals surface area contributed by atoms with E-state index in [1.807, 2.05) is 107 Å². The van der Waals surface area contributed by atoms with Crippen molar-refractivity contribution in [2.45, 2.75) is 123 Å². The summed E-state index contributed by atoms with van der Waals surface area (Å²) in [5.41, 5.74) is 12.2. The number of anilines is 2. The van der Waals surface area contributed by atoms with Gasteiger partial charge < -0.3 is 38.2 Å². The lowest BCUT2D eigenvalue weighted by molar-refractivity contribution is -0.141. The Hall–Kier alpha value is -7.87. The Kier molecular flexibility index (Phi) is 28.3. The van der Waals surface area contributed by atoms with Crippen molar-refractivity contribution in [2.75, 3.05) is 81.7 Å². The van der Waals surface area contributed by atoms with Gasteiger partial charge in [0.2, 0.25) is 0 Å². The number of hydrogen-bond acceptors (Lipinski definition) is 18. The number of hydrogen-bond donors (Lipinski definition) is 1. The van der Waals surface area contributed by atoms with Crippen LogP contribution in [-0.2, 0) is 44.6 Å². The van der Waals surface area contributed by atoms with Crippen molar-refractivity contribution in [2.24, 2.45) is 0 Å². The molecule has 0 fully saturated rings. The fourth-order valence-electron chi connectivity index (χ4n) is 9.74. The van der Waals surface area contributed by atoms with Gasteiger partial charge in [-0.1, -0.05) is 167 Å². The second kappa shape index (κ2) is 36.5. The lowest BCUT2D eigenvalue weighted by atomic mass is 10.1. The largest absolute Gasteiger partial charge is 0.465 e. The Morgan fingerprint density at radius 2 is 0.869 bits per heavy atom. The van der Waals surface area contributed by atoms with E-state index in [1.165, 1.54) is 13.8 Å². The third-order valence-corrected chi connectivity index (χ3v) is 22.7. The van der Waals surface area contributed by atoms with Crippen LogP contribution in [-0.4, -0.2) is 175 Å². The lowest BCUT2D eigenvalue weighted by Gasteiger charge is -2.26. The lowest BCUT2D eigenvalue weighted by Crippen LogP contribution is -2.33. The number of alkyl halides is 1. The van der Waals surface area contributed by atoms with Crippen LogP contribution < -0.4 is 9.80 Å². The second-order valence-electron chi connectivity index (χ2n) is 29.0. The quantitative estimate of drug-likeness (QED) is 0.0132. The number of rotatable bonds is 33. The van der Waals surface area contributed by atoms with Crippen molar-refractivity contribution >= 4 is 83.1 Å². The van der Waals surface area contributed by atoms with Gasteiger partial charge in [0.15, 0.2) is 11.3 Å². The number of halogens is 1. The summed E-state index contributed by atoms with van der Waals surface area (Å²) in [6.45, 7) is 36.5. The number of carbonyl (C=O) groups excluding carboxylic acids is 2. The highest BCUT2D eigenvalue weighted by atomic mass is 79.9. The van der Waals surface area contributed by atoms with Crippen LogP contribution in [0.15, 0.2) is 147 Å². The molecule has 0 amide bonds. The fraction of sp³-hybridized carbons (Fsp3) is 0.417. The number of fused-ring (bicyclic) bond motifs is 2. The molecule has 0 atom stereocenters. The highest BCUT2D eigenvalue weighted by Gasteiger charge is 2.24. The summed E-state index contributed by atoms with van der Waals surface area (Å²) >= 11 is 3.10. The SMILES string of the molecule is CC(=O)OCCBr.CC(=O)OCCn1cc(-c2cc(N(COCC[Si](C)(C)C)COCC[Si](C)(C)C)n3ncc(-c4ccc(-c5ccccc5)nc4)c3n2)cn1.C[Si](C)(C)CCOCN(COCC[Si](C)(C)C)c1cc(-c2cn[nH]c2)nc2c(-c3ccc(-c4ccccc4)nc3)cnn12. The maximum atomic E-state index is 11.3.